The molecule has 2 aromatic heterocycles. The van der Waals surface area contributed by atoms with E-state index < -0.39 is 0 Å². The first-order valence-corrected chi connectivity index (χ1v) is 10.4. The molecule has 6 heteroatoms. The van der Waals surface area contributed by atoms with Gasteiger partial charge in [-0.25, -0.2) is 9.97 Å². The zero-order valence-corrected chi connectivity index (χ0v) is 17.0. The molecule has 1 unspecified atom stereocenters. The van der Waals surface area contributed by atoms with E-state index in [0.717, 1.165) is 47.3 Å². The number of furan rings is 1. The topological polar surface area (TPSA) is 71.3 Å². The number of benzene rings is 2. The maximum Gasteiger partial charge on any atom is 0.225 e. The van der Waals surface area contributed by atoms with Crippen molar-refractivity contribution in [3.63, 3.8) is 0 Å². The summed E-state index contributed by atoms with van der Waals surface area (Å²) in [7, 11) is 0. The van der Waals surface area contributed by atoms with E-state index >= 15 is 0 Å². The lowest BCUT2D eigenvalue weighted by atomic mass is 9.97. The summed E-state index contributed by atoms with van der Waals surface area (Å²) < 4.78 is 6.08. The van der Waals surface area contributed by atoms with Gasteiger partial charge in [0.2, 0.25) is 5.91 Å². The molecule has 1 aliphatic heterocycles. The predicted molar refractivity (Wildman–Crippen MR) is 117 cm³/mol. The highest BCUT2D eigenvalue weighted by Crippen LogP contribution is 2.33. The number of nitrogens with zero attached hydrogens (tertiary/aromatic N) is 3. The van der Waals surface area contributed by atoms with Gasteiger partial charge < -0.3 is 14.6 Å². The van der Waals surface area contributed by atoms with Crippen molar-refractivity contribution in [2.24, 2.45) is 5.92 Å². The molecule has 1 aliphatic rings. The molecule has 1 N–H and O–H groups in total. The first-order chi connectivity index (χ1) is 14.7. The van der Waals surface area contributed by atoms with E-state index in [2.05, 4.69) is 51.4 Å². The number of piperidine rings is 1. The fourth-order valence-corrected chi connectivity index (χ4v) is 4.16. The summed E-state index contributed by atoms with van der Waals surface area (Å²) in [6.45, 7) is 4.09. The van der Waals surface area contributed by atoms with Gasteiger partial charge in [-0.05, 0) is 37.5 Å². The molecule has 152 valence electrons. The lowest BCUT2D eigenvalue weighted by Gasteiger charge is -2.32. The largest absolute Gasteiger partial charge is 0.450 e. The minimum Gasteiger partial charge on any atom is -0.450 e. The Bertz CT molecular complexity index is 1200. The molecule has 0 spiro atoms. The molecule has 1 saturated heterocycles. The Hall–Kier alpha value is -3.41. The molecule has 1 fully saturated rings. The highest BCUT2D eigenvalue weighted by Gasteiger charge is 2.28. The third-order valence-electron chi connectivity index (χ3n) is 5.82. The number of anilines is 1. The molecule has 1 atom stereocenters. The van der Waals surface area contributed by atoms with E-state index in [1.807, 2.05) is 24.3 Å². The van der Waals surface area contributed by atoms with Crippen molar-refractivity contribution in [1.82, 2.24) is 15.3 Å². The van der Waals surface area contributed by atoms with Crippen LogP contribution >= 0.6 is 0 Å². The summed E-state index contributed by atoms with van der Waals surface area (Å²) in [4.78, 5) is 23.9. The summed E-state index contributed by atoms with van der Waals surface area (Å²) in [5.41, 5.74) is 4.65. The van der Waals surface area contributed by atoms with Gasteiger partial charge in [0, 0.05) is 25.0 Å². The number of aromatic nitrogens is 2. The zero-order chi connectivity index (χ0) is 20.5. The molecule has 0 bridgehead atoms. The SMILES string of the molecule is Cc1ccc(CNC(=O)C2CCCN(c3ncnc4c3oc3ccccc34)C2)cc1. The van der Waals surface area contributed by atoms with Crippen LogP contribution in [0.25, 0.3) is 22.1 Å². The Kier molecular flexibility index (Phi) is 4.83. The predicted octanol–water partition coefficient (Wildman–Crippen LogP) is 4.22. The number of carbonyl (C=O) groups is 1. The zero-order valence-electron chi connectivity index (χ0n) is 17.0. The summed E-state index contributed by atoms with van der Waals surface area (Å²) in [6.07, 6.45) is 3.40. The van der Waals surface area contributed by atoms with Crippen LogP contribution < -0.4 is 10.2 Å². The van der Waals surface area contributed by atoms with E-state index in [-0.39, 0.29) is 11.8 Å². The van der Waals surface area contributed by atoms with Gasteiger partial charge in [-0.15, -0.1) is 0 Å². The van der Waals surface area contributed by atoms with Crippen molar-refractivity contribution in [1.29, 1.82) is 0 Å². The molecule has 1 amide bonds. The van der Waals surface area contributed by atoms with Gasteiger partial charge in [0.05, 0.1) is 5.92 Å². The Labute approximate surface area is 174 Å². The highest BCUT2D eigenvalue weighted by molar-refractivity contribution is 6.05. The molecule has 0 aliphatic carbocycles. The summed E-state index contributed by atoms with van der Waals surface area (Å²) in [6, 6.07) is 16.1. The standard InChI is InChI=1S/C24H24N4O2/c1-16-8-10-17(11-9-16)13-25-24(29)18-5-4-12-28(14-18)23-22-21(26-15-27-23)19-6-2-3-7-20(19)30-22/h2-3,6-11,15,18H,4-5,12-14H2,1H3,(H,25,29). The molecule has 0 radical (unpaired) electrons. The van der Waals surface area contributed by atoms with Crippen LogP contribution in [0.3, 0.4) is 0 Å². The Morgan fingerprint density at radius 1 is 1.17 bits per heavy atom. The number of amides is 1. The lowest BCUT2D eigenvalue weighted by Crippen LogP contribution is -2.43. The Morgan fingerprint density at radius 2 is 2.00 bits per heavy atom. The molecular weight excluding hydrogens is 376 g/mol. The lowest BCUT2D eigenvalue weighted by molar-refractivity contribution is -0.125. The van der Waals surface area contributed by atoms with Crippen LogP contribution in [0.15, 0.2) is 59.3 Å². The molecule has 5 rings (SSSR count). The van der Waals surface area contributed by atoms with Crippen molar-refractivity contribution in [2.45, 2.75) is 26.3 Å². The van der Waals surface area contributed by atoms with Crippen LogP contribution in [0.1, 0.15) is 24.0 Å². The second kappa shape index (κ2) is 7.78. The molecule has 2 aromatic carbocycles. The van der Waals surface area contributed by atoms with Crippen molar-refractivity contribution in [3.05, 3.63) is 66.0 Å². The highest BCUT2D eigenvalue weighted by atomic mass is 16.3. The van der Waals surface area contributed by atoms with Gasteiger partial charge in [-0.3, -0.25) is 4.79 Å². The van der Waals surface area contributed by atoms with Crippen LogP contribution in [0.5, 0.6) is 0 Å². The summed E-state index contributed by atoms with van der Waals surface area (Å²) in [5.74, 6) is 0.793. The Morgan fingerprint density at radius 3 is 2.87 bits per heavy atom. The van der Waals surface area contributed by atoms with Gasteiger partial charge in [0.1, 0.15) is 17.4 Å². The average Bonchev–Trinajstić information content (AvgIpc) is 3.17. The smallest absolute Gasteiger partial charge is 0.225 e. The van der Waals surface area contributed by atoms with Crippen molar-refractivity contribution in [2.75, 3.05) is 18.0 Å². The van der Waals surface area contributed by atoms with Crippen molar-refractivity contribution < 1.29 is 9.21 Å². The maximum absolute atomic E-state index is 12.8. The summed E-state index contributed by atoms with van der Waals surface area (Å²) >= 11 is 0. The van der Waals surface area contributed by atoms with E-state index in [1.54, 1.807) is 6.33 Å². The number of rotatable bonds is 4. The molecule has 0 saturated carbocycles. The number of fused-ring (bicyclic) bond motifs is 3. The van der Waals surface area contributed by atoms with Crippen LogP contribution in [-0.2, 0) is 11.3 Å². The number of carbonyl (C=O) groups excluding carboxylic acids is 1. The first kappa shape index (κ1) is 18.6. The molecular formula is C24H24N4O2. The van der Waals surface area contributed by atoms with E-state index in [4.69, 9.17) is 4.42 Å². The first-order valence-electron chi connectivity index (χ1n) is 10.4. The second-order valence-corrected chi connectivity index (χ2v) is 7.96. The van der Waals surface area contributed by atoms with Crippen molar-refractivity contribution >= 4 is 33.8 Å². The minimum atomic E-state index is -0.0707. The van der Waals surface area contributed by atoms with Crippen molar-refractivity contribution in [3.8, 4) is 0 Å². The van der Waals surface area contributed by atoms with E-state index in [1.165, 1.54) is 5.56 Å². The van der Waals surface area contributed by atoms with Gasteiger partial charge in [0.25, 0.3) is 0 Å². The van der Waals surface area contributed by atoms with Crippen LogP contribution in [0, 0.1) is 12.8 Å². The van der Waals surface area contributed by atoms with Gasteiger partial charge >= 0.3 is 0 Å². The Balaban J connectivity index is 1.34. The minimum absolute atomic E-state index is 0.0707. The number of nitrogens with one attached hydrogen (secondary N) is 1. The van der Waals surface area contributed by atoms with Crippen LogP contribution in [-0.4, -0.2) is 29.0 Å². The number of hydrogen-bond donors (Lipinski definition) is 1. The second-order valence-electron chi connectivity index (χ2n) is 7.96. The van der Waals surface area contributed by atoms with Crippen LogP contribution in [0.2, 0.25) is 0 Å². The molecule has 6 nitrogen and oxygen atoms in total. The van der Waals surface area contributed by atoms with Gasteiger partial charge in [0.15, 0.2) is 11.4 Å². The van der Waals surface area contributed by atoms with Gasteiger partial charge in [-0.2, -0.15) is 0 Å². The summed E-state index contributed by atoms with van der Waals surface area (Å²) in [5, 5.41) is 4.08. The number of aryl methyl sites for hydroxylation is 1. The number of hydrogen-bond acceptors (Lipinski definition) is 5. The third-order valence-corrected chi connectivity index (χ3v) is 5.82. The van der Waals surface area contributed by atoms with E-state index in [0.29, 0.717) is 18.7 Å². The van der Waals surface area contributed by atoms with Crippen LogP contribution in [0.4, 0.5) is 5.82 Å². The normalized spacial score (nSPS) is 16.8. The van der Waals surface area contributed by atoms with E-state index in [9.17, 15) is 4.79 Å². The third kappa shape index (κ3) is 3.49. The fourth-order valence-electron chi connectivity index (χ4n) is 4.16. The average molecular weight is 400 g/mol. The molecule has 4 aromatic rings. The molecule has 30 heavy (non-hydrogen) atoms. The quantitative estimate of drug-likeness (QED) is 0.555. The fraction of sp³-hybridized carbons (Fsp3) is 0.292. The molecule has 3 heterocycles. The maximum atomic E-state index is 12.8. The number of para-hydroxylation sites is 1. The van der Waals surface area contributed by atoms with Gasteiger partial charge in [-0.1, -0.05) is 42.0 Å². The monoisotopic (exact) mass is 400 g/mol.